The van der Waals surface area contributed by atoms with Gasteiger partial charge in [-0.3, -0.25) is 5.32 Å². The maximum absolute atomic E-state index is 12.0. The highest BCUT2D eigenvalue weighted by atomic mass is 16.5. The van der Waals surface area contributed by atoms with Crippen LogP contribution in [-0.4, -0.2) is 58.2 Å². The summed E-state index contributed by atoms with van der Waals surface area (Å²) in [5.74, 6) is 0.368. The molecule has 0 bridgehead atoms. The first kappa shape index (κ1) is 14.1. The number of hydrogen-bond acceptors (Lipinski definition) is 5. The molecule has 22 heavy (non-hydrogen) atoms. The van der Waals surface area contributed by atoms with E-state index in [1.165, 1.54) is 13.3 Å². The van der Waals surface area contributed by atoms with Crippen molar-refractivity contribution in [1.29, 1.82) is 0 Å². The summed E-state index contributed by atoms with van der Waals surface area (Å²) in [4.78, 5) is 36.2. The van der Waals surface area contributed by atoms with Gasteiger partial charge in [0.05, 0.1) is 13.3 Å². The molecule has 1 fully saturated rings. The Morgan fingerprint density at radius 2 is 2.36 bits per heavy atom. The Balaban J connectivity index is 1.55. The Bertz CT molecular complexity index is 700. The molecule has 0 spiro atoms. The van der Waals surface area contributed by atoms with Gasteiger partial charge in [0.15, 0.2) is 11.5 Å². The van der Waals surface area contributed by atoms with E-state index in [1.807, 2.05) is 0 Å². The number of anilines is 1. The van der Waals surface area contributed by atoms with Crippen molar-refractivity contribution < 1.29 is 14.3 Å². The van der Waals surface area contributed by atoms with Crippen molar-refractivity contribution >= 4 is 29.1 Å². The van der Waals surface area contributed by atoms with E-state index in [0.29, 0.717) is 36.5 Å². The third-order valence-electron chi connectivity index (χ3n) is 3.46. The van der Waals surface area contributed by atoms with Crippen LogP contribution in [0.25, 0.3) is 11.2 Å². The van der Waals surface area contributed by atoms with E-state index in [2.05, 4.69) is 30.3 Å². The van der Waals surface area contributed by atoms with Crippen LogP contribution in [0.4, 0.5) is 15.4 Å². The van der Waals surface area contributed by atoms with Crippen molar-refractivity contribution in [2.45, 2.75) is 12.5 Å². The number of hydrogen-bond donors (Lipinski definition) is 3. The molecule has 0 saturated carbocycles. The predicted octanol–water partition coefficient (Wildman–Crippen LogP) is 0.920. The molecule has 1 aliphatic heterocycles. The largest absolute Gasteiger partial charge is 0.453 e. The van der Waals surface area contributed by atoms with Crippen LogP contribution >= 0.6 is 0 Å². The lowest BCUT2D eigenvalue weighted by molar-refractivity contribution is 0.132. The molecule has 9 heteroatoms. The van der Waals surface area contributed by atoms with Crippen LogP contribution in [0.15, 0.2) is 18.5 Å². The topological polar surface area (TPSA) is 112 Å². The summed E-state index contributed by atoms with van der Waals surface area (Å²) in [6, 6.07) is 1.29. The van der Waals surface area contributed by atoms with Crippen LogP contribution < -0.4 is 10.6 Å². The monoisotopic (exact) mass is 304 g/mol. The Labute approximate surface area is 126 Å². The molecule has 116 valence electrons. The van der Waals surface area contributed by atoms with Gasteiger partial charge in [0.2, 0.25) is 0 Å². The molecule has 2 aromatic heterocycles. The molecule has 3 amide bonds. The van der Waals surface area contributed by atoms with Crippen LogP contribution in [0.1, 0.15) is 6.42 Å². The van der Waals surface area contributed by atoms with Crippen LogP contribution in [-0.2, 0) is 4.74 Å². The molecular weight excluding hydrogens is 288 g/mol. The molecule has 0 unspecified atom stereocenters. The number of aromatic amines is 1. The van der Waals surface area contributed by atoms with Crippen molar-refractivity contribution in [2.24, 2.45) is 0 Å². The summed E-state index contributed by atoms with van der Waals surface area (Å²) >= 11 is 0. The van der Waals surface area contributed by atoms with E-state index in [0.717, 1.165) is 0 Å². The first-order valence-corrected chi connectivity index (χ1v) is 6.86. The third-order valence-corrected chi connectivity index (χ3v) is 3.46. The number of carbonyl (C=O) groups excluding carboxylic acids is 2. The van der Waals surface area contributed by atoms with E-state index in [1.54, 1.807) is 17.2 Å². The van der Waals surface area contributed by atoms with E-state index in [9.17, 15) is 9.59 Å². The lowest BCUT2D eigenvalue weighted by atomic mass is 10.3. The minimum absolute atomic E-state index is 0.108. The van der Waals surface area contributed by atoms with Gasteiger partial charge >= 0.3 is 12.1 Å². The molecule has 3 N–H and O–H groups in total. The molecule has 9 nitrogen and oxygen atoms in total. The summed E-state index contributed by atoms with van der Waals surface area (Å²) in [6.07, 6.45) is 3.52. The number of amides is 3. The van der Waals surface area contributed by atoms with Crippen molar-refractivity contribution in [1.82, 2.24) is 25.2 Å². The minimum atomic E-state index is -0.381. The minimum Gasteiger partial charge on any atom is -0.453 e. The lowest BCUT2D eigenvalue weighted by Gasteiger charge is -2.15. The maximum Gasteiger partial charge on any atom is 0.409 e. The van der Waals surface area contributed by atoms with Gasteiger partial charge in [-0.05, 0) is 12.5 Å². The zero-order valence-corrected chi connectivity index (χ0v) is 12.0. The summed E-state index contributed by atoms with van der Waals surface area (Å²) in [7, 11) is 1.34. The smallest absolute Gasteiger partial charge is 0.409 e. The quantitative estimate of drug-likeness (QED) is 0.763. The molecule has 3 rings (SSSR count). The van der Waals surface area contributed by atoms with Gasteiger partial charge < -0.3 is 19.9 Å². The Morgan fingerprint density at radius 1 is 1.50 bits per heavy atom. The number of likely N-dealkylation sites (tertiary alicyclic amines) is 1. The van der Waals surface area contributed by atoms with Crippen LogP contribution in [0.3, 0.4) is 0 Å². The number of H-pyrrole nitrogens is 1. The number of urea groups is 1. The van der Waals surface area contributed by atoms with Gasteiger partial charge in [0.25, 0.3) is 0 Å². The summed E-state index contributed by atoms with van der Waals surface area (Å²) in [5.41, 5.74) is 1.34. The zero-order chi connectivity index (χ0) is 15.5. The summed E-state index contributed by atoms with van der Waals surface area (Å²) < 4.78 is 4.65. The maximum atomic E-state index is 12.0. The van der Waals surface area contributed by atoms with Crippen molar-refractivity contribution in [2.75, 3.05) is 25.5 Å². The van der Waals surface area contributed by atoms with Crippen LogP contribution in [0.2, 0.25) is 0 Å². The normalized spacial score (nSPS) is 17.5. The average Bonchev–Trinajstić information content (AvgIpc) is 3.14. The van der Waals surface area contributed by atoms with Gasteiger partial charge in [-0.1, -0.05) is 0 Å². The highest BCUT2D eigenvalue weighted by molar-refractivity contribution is 5.89. The molecule has 1 saturated heterocycles. The number of fused-ring (bicyclic) bond motifs is 1. The highest BCUT2D eigenvalue weighted by Gasteiger charge is 2.27. The molecule has 0 aromatic carbocycles. The van der Waals surface area contributed by atoms with Crippen molar-refractivity contribution in [3.05, 3.63) is 18.5 Å². The zero-order valence-electron chi connectivity index (χ0n) is 12.0. The predicted molar refractivity (Wildman–Crippen MR) is 78.4 cm³/mol. The molecular formula is C13H16N6O3. The number of rotatable bonds is 2. The molecule has 1 aliphatic rings. The molecule has 3 heterocycles. The molecule has 0 radical (unpaired) electrons. The fourth-order valence-corrected chi connectivity index (χ4v) is 2.40. The number of nitrogens with one attached hydrogen (secondary N) is 3. The Kier molecular flexibility index (Phi) is 3.77. The molecule has 2 aromatic rings. The van der Waals surface area contributed by atoms with Gasteiger partial charge in [-0.15, -0.1) is 0 Å². The first-order valence-electron chi connectivity index (χ1n) is 6.86. The Hall–Kier alpha value is -2.84. The van der Waals surface area contributed by atoms with Crippen molar-refractivity contribution in [3.63, 3.8) is 0 Å². The molecule has 0 aliphatic carbocycles. The number of nitrogens with zero attached hydrogens (tertiary/aromatic N) is 3. The van der Waals surface area contributed by atoms with E-state index >= 15 is 0 Å². The van der Waals surface area contributed by atoms with Crippen LogP contribution in [0.5, 0.6) is 0 Å². The van der Waals surface area contributed by atoms with E-state index in [-0.39, 0.29) is 18.2 Å². The second-order valence-electron chi connectivity index (χ2n) is 4.97. The fraction of sp³-hybridized carbons (Fsp3) is 0.385. The second-order valence-corrected chi connectivity index (χ2v) is 4.97. The first-order chi connectivity index (χ1) is 10.7. The third kappa shape index (κ3) is 2.92. The standard InChI is InChI=1S/C13H16N6O3/c1-22-13(21)19-5-3-8(7-19)16-12(20)18-10-6-15-11-9(17-10)2-4-14-11/h2,4,6,8H,3,5,7H2,1H3,(H,14,15)(H2,16,17,18,20)/t8-/m0/s1. The Morgan fingerprint density at radius 3 is 3.18 bits per heavy atom. The SMILES string of the molecule is COC(=O)N1CC[C@H](NC(=O)Nc2cnc3[nH]ccc3n2)C1. The van der Waals surface area contributed by atoms with Gasteiger partial charge in [-0.2, -0.15) is 0 Å². The second kappa shape index (κ2) is 5.88. The number of ether oxygens (including phenoxy) is 1. The highest BCUT2D eigenvalue weighted by Crippen LogP contribution is 2.12. The van der Waals surface area contributed by atoms with Crippen molar-refractivity contribution in [3.8, 4) is 0 Å². The summed E-state index contributed by atoms with van der Waals surface area (Å²) in [6.45, 7) is 0.995. The van der Waals surface area contributed by atoms with Crippen LogP contribution in [0, 0.1) is 0 Å². The lowest BCUT2D eigenvalue weighted by Crippen LogP contribution is -2.40. The van der Waals surface area contributed by atoms with Gasteiger partial charge in [0.1, 0.15) is 5.52 Å². The molecule has 1 atom stereocenters. The van der Waals surface area contributed by atoms with E-state index < -0.39 is 0 Å². The fourth-order valence-electron chi connectivity index (χ4n) is 2.40. The summed E-state index contributed by atoms with van der Waals surface area (Å²) in [5, 5.41) is 5.44. The number of aromatic nitrogens is 3. The number of carbonyl (C=O) groups is 2. The van der Waals surface area contributed by atoms with Gasteiger partial charge in [0, 0.05) is 25.3 Å². The van der Waals surface area contributed by atoms with Gasteiger partial charge in [-0.25, -0.2) is 19.6 Å². The average molecular weight is 304 g/mol. The number of methoxy groups -OCH3 is 1. The van der Waals surface area contributed by atoms with E-state index in [4.69, 9.17) is 0 Å².